The SMILES string of the molecule is COc1ccc(NC(=O)/C(C#N)=C\c2ccc(F)c(C)c2)cc1. The van der Waals surface area contributed by atoms with Crippen LogP contribution in [0, 0.1) is 24.1 Å². The summed E-state index contributed by atoms with van der Waals surface area (Å²) in [6.07, 6.45) is 1.42. The van der Waals surface area contributed by atoms with Gasteiger partial charge in [-0.15, -0.1) is 0 Å². The molecule has 2 aromatic rings. The van der Waals surface area contributed by atoms with E-state index in [-0.39, 0.29) is 11.4 Å². The van der Waals surface area contributed by atoms with Gasteiger partial charge in [0.25, 0.3) is 5.91 Å². The second-order valence-corrected chi connectivity index (χ2v) is 4.86. The minimum Gasteiger partial charge on any atom is -0.497 e. The van der Waals surface area contributed by atoms with Gasteiger partial charge in [0.2, 0.25) is 0 Å². The molecule has 0 radical (unpaired) electrons. The van der Waals surface area contributed by atoms with Gasteiger partial charge in [-0.25, -0.2) is 4.39 Å². The minimum absolute atomic E-state index is 0.0631. The molecule has 2 aromatic carbocycles. The van der Waals surface area contributed by atoms with Gasteiger partial charge in [-0.1, -0.05) is 6.07 Å². The summed E-state index contributed by atoms with van der Waals surface area (Å²) in [6, 6.07) is 13.0. The maximum absolute atomic E-state index is 13.3. The van der Waals surface area contributed by atoms with Crippen molar-refractivity contribution in [2.45, 2.75) is 6.92 Å². The second-order valence-electron chi connectivity index (χ2n) is 4.86. The van der Waals surface area contributed by atoms with E-state index in [0.717, 1.165) is 0 Å². The normalized spacial score (nSPS) is 10.8. The predicted octanol–water partition coefficient (Wildman–Crippen LogP) is 3.69. The third kappa shape index (κ3) is 4.17. The third-order valence-electron chi connectivity index (χ3n) is 3.21. The van der Waals surface area contributed by atoms with Crippen molar-refractivity contribution >= 4 is 17.7 Å². The minimum atomic E-state index is -0.528. The molecule has 0 saturated carbocycles. The van der Waals surface area contributed by atoms with Crippen molar-refractivity contribution < 1.29 is 13.9 Å². The van der Waals surface area contributed by atoms with Crippen LogP contribution in [-0.4, -0.2) is 13.0 Å². The Morgan fingerprint density at radius 3 is 2.52 bits per heavy atom. The van der Waals surface area contributed by atoms with Crippen LogP contribution in [0.2, 0.25) is 0 Å². The molecule has 0 aliphatic heterocycles. The smallest absolute Gasteiger partial charge is 0.266 e. The number of ether oxygens (including phenoxy) is 1. The van der Waals surface area contributed by atoms with Crippen LogP contribution in [-0.2, 0) is 4.79 Å². The van der Waals surface area contributed by atoms with Gasteiger partial charge < -0.3 is 10.1 Å². The highest BCUT2D eigenvalue weighted by molar-refractivity contribution is 6.09. The molecule has 0 atom stereocenters. The van der Waals surface area contributed by atoms with E-state index in [1.54, 1.807) is 44.4 Å². The van der Waals surface area contributed by atoms with Crippen molar-refractivity contribution in [1.82, 2.24) is 0 Å². The molecule has 23 heavy (non-hydrogen) atoms. The summed E-state index contributed by atoms with van der Waals surface area (Å²) in [7, 11) is 1.55. The Balaban J connectivity index is 2.18. The molecule has 0 heterocycles. The zero-order valence-corrected chi connectivity index (χ0v) is 12.8. The van der Waals surface area contributed by atoms with Gasteiger partial charge in [0, 0.05) is 5.69 Å². The van der Waals surface area contributed by atoms with Gasteiger partial charge in [-0.05, 0) is 60.5 Å². The maximum Gasteiger partial charge on any atom is 0.266 e. The lowest BCUT2D eigenvalue weighted by Gasteiger charge is -2.06. The average Bonchev–Trinajstić information content (AvgIpc) is 2.56. The first-order chi connectivity index (χ1) is 11.0. The molecular weight excluding hydrogens is 295 g/mol. The van der Waals surface area contributed by atoms with Crippen molar-refractivity contribution in [2.75, 3.05) is 12.4 Å². The number of benzene rings is 2. The Morgan fingerprint density at radius 1 is 1.26 bits per heavy atom. The van der Waals surface area contributed by atoms with E-state index < -0.39 is 5.91 Å². The largest absolute Gasteiger partial charge is 0.497 e. The number of halogens is 1. The molecule has 1 amide bonds. The summed E-state index contributed by atoms with van der Waals surface area (Å²) >= 11 is 0. The van der Waals surface area contributed by atoms with Crippen LogP contribution in [0.15, 0.2) is 48.0 Å². The van der Waals surface area contributed by atoms with E-state index in [9.17, 15) is 9.18 Å². The molecule has 0 aliphatic rings. The van der Waals surface area contributed by atoms with Crippen LogP contribution < -0.4 is 10.1 Å². The first-order valence-corrected chi connectivity index (χ1v) is 6.87. The Hall–Kier alpha value is -3.13. The summed E-state index contributed by atoms with van der Waals surface area (Å²) < 4.78 is 18.3. The summed E-state index contributed by atoms with van der Waals surface area (Å²) in [5.41, 5.74) is 1.52. The van der Waals surface area contributed by atoms with Gasteiger partial charge in [0.15, 0.2) is 0 Å². The van der Waals surface area contributed by atoms with Gasteiger partial charge >= 0.3 is 0 Å². The molecule has 1 N–H and O–H groups in total. The molecule has 5 heteroatoms. The highest BCUT2D eigenvalue weighted by atomic mass is 19.1. The van der Waals surface area contributed by atoms with Gasteiger partial charge in [0.05, 0.1) is 7.11 Å². The number of hydrogen-bond donors (Lipinski definition) is 1. The number of amides is 1. The zero-order valence-electron chi connectivity index (χ0n) is 12.8. The zero-order chi connectivity index (χ0) is 16.8. The topological polar surface area (TPSA) is 62.1 Å². The van der Waals surface area contributed by atoms with Gasteiger partial charge in [-0.2, -0.15) is 5.26 Å². The van der Waals surface area contributed by atoms with Gasteiger partial charge in [0.1, 0.15) is 23.2 Å². The molecule has 2 rings (SSSR count). The molecule has 116 valence electrons. The van der Waals surface area contributed by atoms with Crippen molar-refractivity contribution in [3.63, 3.8) is 0 Å². The number of rotatable bonds is 4. The Labute approximate surface area is 133 Å². The summed E-state index contributed by atoms with van der Waals surface area (Å²) in [5, 5.41) is 11.8. The second kappa shape index (κ2) is 7.23. The molecule has 0 aromatic heterocycles. The predicted molar refractivity (Wildman–Crippen MR) is 86.4 cm³/mol. The van der Waals surface area contributed by atoms with Crippen LogP contribution in [0.4, 0.5) is 10.1 Å². The van der Waals surface area contributed by atoms with E-state index in [2.05, 4.69) is 5.32 Å². The van der Waals surface area contributed by atoms with Crippen molar-refractivity contribution in [3.05, 3.63) is 65.0 Å². The van der Waals surface area contributed by atoms with Crippen LogP contribution >= 0.6 is 0 Å². The molecule has 0 spiro atoms. The number of hydrogen-bond acceptors (Lipinski definition) is 3. The monoisotopic (exact) mass is 310 g/mol. The quantitative estimate of drug-likeness (QED) is 0.692. The fraction of sp³-hybridized carbons (Fsp3) is 0.111. The number of methoxy groups -OCH3 is 1. The van der Waals surface area contributed by atoms with E-state index >= 15 is 0 Å². The standard InChI is InChI=1S/C18H15FN2O2/c1-12-9-13(3-8-17(12)19)10-14(11-20)18(22)21-15-4-6-16(23-2)7-5-15/h3-10H,1-2H3,(H,21,22)/b14-10-. The summed E-state index contributed by atoms with van der Waals surface area (Å²) in [4.78, 5) is 12.1. The number of nitrogens with zero attached hydrogens (tertiary/aromatic N) is 1. The number of nitriles is 1. The fourth-order valence-electron chi connectivity index (χ4n) is 1.95. The van der Waals surface area contributed by atoms with Crippen LogP contribution in [0.3, 0.4) is 0 Å². The molecule has 0 fully saturated rings. The number of aryl methyl sites for hydroxylation is 1. The Morgan fingerprint density at radius 2 is 1.96 bits per heavy atom. The lowest BCUT2D eigenvalue weighted by molar-refractivity contribution is -0.112. The number of nitrogens with one attached hydrogen (secondary N) is 1. The van der Waals surface area contributed by atoms with E-state index in [4.69, 9.17) is 10.00 Å². The lowest BCUT2D eigenvalue weighted by Crippen LogP contribution is -2.13. The van der Waals surface area contributed by atoms with Gasteiger partial charge in [-0.3, -0.25) is 4.79 Å². The first kappa shape index (κ1) is 16.2. The van der Waals surface area contributed by atoms with E-state index in [1.807, 2.05) is 6.07 Å². The third-order valence-corrected chi connectivity index (χ3v) is 3.21. The summed E-state index contributed by atoms with van der Waals surface area (Å²) in [5.74, 6) is -0.191. The summed E-state index contributed by atoms with van der Waals surface area (Å²) in [6.45, 7) is 1.62. The van der Waals surface area contributed by atoms with Crippen molar-refractivity contribution in [3.8, 4) is 11.8 Å². The average molecular weight is 310 g/mol. The maximum atomic E-state index is 13.3. The van der Waals surface area contributed by atoms with Crippen molar-refractivity contribution in [1.29, 1.82) is 5.26 Å². The molecule has 0 unspecified atom stereocenters. The lowest BCUT2D eigenvalue weighted by atomic mass is 10.1. The fourth-order valence-corrected chi connectivity index (χ4v) is 1.95. The first-order valence-electron chi connectivity index (χ1n) is 6.87. The van der Waals surface area contributed by atoms with Crippen molar-refractivity contribution in [2.24, 2.45) is 0 Å². The Kier molecular flexibility index (Phi) is 5.11. The number of anilines is 1. The molecule has 0 saturated heterocycles. The van der Waals surface area contributed by atoms with E-state index in [0.29, 0.717) is 22.6 Å². The molecule has 0 bridgehead atoms. The molecule has 4 nitrogen and oxygen atoms in total. The molecular formula is C18H15FN2O2. The Bertz CT molecular complexity index is 790. The van der Waals surface area contributed by atoms with Crippen LogP contribution in [0.1, 0.15) is 11.1 Å². The van der Waals surface area contributed by atoms with E-state index in [1.165, 1.54) is 18.2 Å². The highest BCUT2D eigenvalue weighted by Gasteiger charge is 2.10. The van der Waals surface area contributed by atoms with Crippen LogP contribution in [0.5, 0.6) is 5.75 Å². The number of carbonyl (C=O) groups is 1. The van der Waals surface area contributed by atoms with Crippen LogP contribution in [0.25, 0.3) is 6.08 Å². The number of carbonyl (C=O) groups excluding carboxylic acids is 1. The molecule has 0 aliphatic carbocycles. The highest BCUT2D eigenvalue weighted by Crippen LogP contribution is 2.17.